The van der Waals surface area contributed by atoms with Crippen LogP contribution in [0.4, 0.5) is 5.82 Å². The quantitative estimate of drug-likeness (QED) is 0.480. The van der Waals surface area contributed by atoms with E-state index in [1.807, 2.05) is 0 Å². The standard InChI is InChI=1S/C16H16N5O5P/c17-15-14-16(19-9-18-15)21(10-20-14)13-7-6-12(25-13)8-24-27(22,23)26-11-4-2-1-3-5-11/h1-7,9-10,12-13H,8H2,(H,22,23)(H2,17,18,19). The Bertz CT molecular complexity index is 1020. The van der Waals surface area contributed by atoms with Gasteiger partial charge in [0, 0.05) is 0 Å². The number of benzene rings is 1. The van der Waals surface area contributed by atoms with E-state index in [2.05, 4.69) is 15.0 Å². The second kappa shape index (κ2) is 7.09. The molecule has 1 aliphatic heterocycles. The number of aromatic nitrogens is 4. The molecule has 0 aliphatic carbocycles. The van der Waals surface area contributed by atoms with Crippen LogP contribution >= 0.6 is 7.82 Å². The minimum Gasteiger partial charge on any atom is -0.404 e. The van der Waals surface area contributed by atoms with Crippen molar-refractivity contribution < 1.29 is 23.2 Å². The molecular formula is C16H16N5O5P. The third kappa shape index (κ3) is 3.83. The third-order valence-electron chi connectivity index (χ3n) is 3.83. The maximum atomic E-state index is 12.0. The number of nitrogens with zero attached hydrogens (tertiary/aromatic N) is 4. The summed E-state index contributed by atoms with van der Waals surface area (Å²) in [6.45, 7) is -0.155. The molecule has 3 aromatic rings. The van der Waals surface area contributed by atoms with E-state index in [4.69, 9.17) is 19.5 Å². The molecule has 3 atom stereocenters. The molecule has 0 saturated carbocycles. The molecule has 0 spiro atoms. The summed E-state index contributed by atoms with van der Waals surface area (Å²) in [4.78, 5) is 22.1. The number of anilines is 1. The lowest BCUT2D eigenvalue weighted by Gasteiger charge is -2.17. The Morgan fingerprint density at radius 2 is 2.04 bits per heavy atom. The molecule has 3 N–H and O–H groups in total. The summed E-state index contributed by atoms with van der Waals surface area (Å²) >= 11 is 0. The van der Waals surface area contributed by atoms with Crippen molar-refractivity contribution in [3.05, 3.63) is 55.1 Å². The number of hydrogen-bond donors (Lipinski definition) is 2. The zero-order chi connectivity index (χ0) is 18.9. The molecule has 10 nitrogen and oxygen atoms in total. The van der Waals surface area contributed by atoms with E-state index in [1.54, 1.807) is 53.4 Å². The van der Waals surface area contributed by atoms with Crippen molar-refractivity contribution in [2.75, 3.05) is 12.3 Å². The number of nitrogen functional groups attached to an aromatic ring is 1. The highest BCUT2D eigenvalue weighted by Gasteiger charge is 2.28. The molecular weight excluding hydrogens is 373 g/mol. The fourth-order valence-electron chi connectivity index (χ4n) is 2.61. The molecule has 1 aliphatic rings. The molecule has 0 amide bonds. The average molecular weight is 389 g/mol. The van der Waals surface area contributed by atoms with Gasteiger partial charge in [-0.3, -0.25) is 14.0 Å². The van der Waals surface area contributed by atoms with Gasteiger partial charge in [-0.2, -0.15) is 0 Å². The van der Waals surface area contributed by atoms with Gasteiger partial charge in [0.2, 0.25) is 0 Å². The van der Waals surface area contributed by atoms with Crippen LogP contribution in [0.5, 0.6) is 5.75 Å². The van der Waals surface area contributed by atoms with Crippen LogP contribution in [0.2, 0.25) is 0 Å². The van der Waals surface area contributed by atoms with Crippen LogP contribution in [0.1, 0.15) is 6.23 Å². The first-order valence-electron chi connectivity index (χ1n) is 8.00. The van der Waals surface area contributed by atoms with E-state index in [1.165, 1.54) is 6.33 Å². The van der Waals surface area contributed by atoms with E-state index in [-0.39, 0.29) is 18.2 Å². The van der Waals surface area contributed by atoms with Crippen molar-refractivity contribution >= 4 is 24.8 Å². The van der Waals surface area contributed by atoms with Gasteiger partial charge < -0.3 is 15.0 Å². The van der Waals surface area contributed by atoms with Crippen LogP contribution in [0.15, 0.2) is 55.1 Å². The Hall–Kier alpha value is -2.78. The van der Waals surface area contributed by atoms with Crippen LogP contribution in [0.3, 0.4) is 0 Å². The average Bonchev–Trinajstić information content (AvgIpc) is 3.28. The highest BCUT2D eigenvalue weighted by atomic mass is 31.2. The summed E-state index contributed by atoms with van der Waals surface area (Å²) in [5.41, 5.74) is 6.78. The first kappa shape index (κ1) is 17.6. The van der Waals surface area contributed by atoms with Crippen molar-refractivity contribution in [2.45, 2.75) is 12.3 Å². The maximum absolute atomic E-state index is 12.0. The van der Waals surface area contributed by atoms with E-state index < -0.39 is 20.2 Å². The van der Waals surface area contributed by atoms with Crippen LogP contribution in [0.25, 0.3) is 11.2 Å². The second-order valence-electron chi connectivity index (χ2n) is 5.70. The van der Waals surface area contributed by atoms with Gasteiger partial charge in [0.05, 0.1) is 12.9 Å². The number of phosphoric ester groups is 1. The molecule has 1 aromatic carbocycles. The van der Waals surface area contributed by atoms with Crippen molar-refractivity contribution in [1.82, 2.24) is 19.5 Å². The number of nitrogens with two attached hydrogens (primary N) is 1. The number of rotatable bonds is 6. The van der Waals surface area contributed by atoms with E-state index in [9.17, 15) is 9.46 Å². The number of phosphoric acid groups is 1. The molecule has 0 saturated heterocycles. The molecule has 3 heterocycles. The Labute approximate surface area is 153 Å². The monoisotopic (exact) mass is 389 g/mol. The number of fused-ring (bicyclic) bond motifs is 1. The largest absolute Gasteiger partial charge is 0.527 e. The van der Waals surface area contributed by atoms with Crippen LogP contribution in [-0.4, -0.2) is 37.1 Å². The SMILES string of the molecule is Nc1ncnc2c1ncn2C1C=CC(COP(=O)(O)Oc2ccccc2)O1. The van der Waals surface area contributed by atoms with Crippen LogP contribution in [-0.2, 0) is 13.8 Å². The van der Waals surface area contributed by atoms with Crippen LogP contribution < -0.4 is 10.3 Å². The molecule has 0 radical (unpaired) electrons. The number of para-hydroxylation sites is 1. The summed E-state index contributed by atoms with van der Waals surface area (Å²) in [6, 6.07) is 8.27. The maximum Gasteiger partial charge on any atom is 0.527 e. The smallest absolute Gasteiger partial charge is 0.404 e. The normalized spacial score (nSPS) is 21.4. The van der Waals surface area contributed by atoms with Crippen molar-refractivity contribution in [3.63, 3.8) is 0 Å². The molecule has 0 fully saturated rings. The topological polar surface area (TPSA) is 135 Å². The van der Waals surface area contributed by atoms with Gasteiger partial charge in [-0.15, -0.1) is 0 Å². The predicted octanol–water partition coefficient (Wildman–Crippen LogP) is 2.06. The zero-order valence-electron chi connectivity index (χ0n) is 14.0. The lowest BCUT2D eigenvalue weighted by Crippen LogP contribution is -2.17. The summed E-state index contributed by atoms with van der Waals surface area (Å²) in [5.74, 6) is 0.520. The molecule has 11 heteroatoms. The lowest BCUT2D eigenvalue weighted by atomic mass is 10.3. The van der Waals surface area contributed by atoms with Gasteiger partial charge in [0.15, 0.2) is 17.7 Å². The highest BCUT2D eigenvalue weighted by Crippen LogP contribution is 2.44. The van der Waals surface area contributed by atoms with Gasteiger partial charge in [0.25, 0.3) is 0 Å². The van der Waals surface area contributed by atoms with Gasteiger partial charge in [0.1, 0.15) is 23.7 Å². The molecule has 4 rings (SSSR count). The Morgan fingerprint density at radius 3 is 2.85 bits per heavy atom. The Kier molecular flexibility index (Phi) is 4.63. The fraction of sp³-hybridized carbons (Fsp3) is 0.188. The van der Waals surface area contributed by atoms with Gasteiger partial charge in [-0.05, 0) is 18.2 Å². The van der Waals surface area contributed by atoms with Gasteiger partial charge in [-0.1, -0.05) is 24.3 Å². The van der Waals surface area contributed by atoms with E-state index >= 15 is 0 Å². The van der Waals surface area contributed by atoms with Crippen molar-refractivity contribution in [1.29, 1.82) is 0 Å². The van der Waals surface area contributed by atoms with Gasteiger partial charge in [-0.25, -0.2) is 19.5 Å². The molecule has 27 heavy (non-hydrogen) atoms. The lowest BCUT2D eigenvalue weighted by molar-refractivity contribution is -0.00605. The minimum atomic E-state index is -4.26. The Balaban J connectivity index is 1.38. The summed E-state index contributed by atoms with van der Waals surface area (Å²) in [7, 11) is -4.26. The van der Waals surface area contributed by atoms with E-state index in [0.29, 0.717) is 11.2 Å². The second-order valence-corrected chi connectivity index (χ2v) is 7.08. The first-order chi connectivity index (χ1) is 13.0. The number of hydrogen-bond acceptors (Lipinski definition) is 8. The van der Waals surface area contributed by atoms with Gasteiger partial charge >= 0.3 is 7.82 Å². The number of ether oxygens (including phenoxy) is 1. The zero-order valence-corrected chi connectivity index (χ0v) is 14.8. The first-order valence-corrected chi connectivity index (χ1v) is 9.50. The fourth-order valence-corrected chi connectivity index (χ4v) is 3.38. The van der Waals surface area contributed by atoms with E-state index in [0.717, 1.165) is 0 Å². The highest BCUT2D eigenvalue weighted by molar-refractivity contribution is 7.47. The van der Waals surface area contributed by atoms with Crippen LogP contribution in [0, 0.1) is 0 Å². The number of imidazole rings is 1. The predicted molar refractivity (Wildman–Crippen MR) is 95.6 cm³/mol. The molecule has 3 unspecified atom stereocenters. The molecule has 0 bridgehead atoms. The third-order valence-corrected chi connectivity index (χ3v) is 4.75. The van der Waals surface area contributed by atoms with Crippen molar-refractivity contribution in [3.8, 4) is 5.75 Å². The summed E-state index contributed by atoms with van der Waals surface area (Å²) < 4.78 is 29.6. The molecule has 140 valence electrons. The van der Waals surface area contributed by atoms with Crippen molar-refractivity contribution in [2.24, 2.45) is 0 Å². The molecule has 2 aromatic heterocycles. The summed E-state index contributed by atoms with van der Waals surface area (Å²) in [5, 5.41) is 0. The minimum absolute atomic E-state index is 0.155. The Morgan fingerprint density at radius 1 is 1.22 bits per heavy atom. The summed E-state index contributed by atoms with van der Waals surface area (Å²) in [6.07, 6.45) is 5.36.